The maximum absolute atomic E-state index is 9.76. The lowest BCUT2D eigenvalue weighted by Crippen LogP contribution is -1.91. The molecular weight excluding hydrogens is 152 g/mol. The highest BCUT2D eigenvalue weighted by atomic mass is 16.4. The van der Waals surface area contributed by atoms with Gasteiger partial charge in [0.15, 0.2) is 0 Å². The Morgan fingerprint density at radius 1 is 1.58 bits per heavy atom. The third-order valence-electron chi connectivity index (χ3n) is 1.09. The number of allylic oxidation sites excluding steroid dienone is 2. The third kappa shape index (κ3) is 23.1. The van der Waals surface area contributed by atoms with Crippen LogP contribution in [0.3, 0.4) is 0 Å². The molecule has 0 saturated carbocycles. The van der Waals surface area contributed by atoms with Crippen molar-refractivity contribution in [3.63, 3.8) is 0 Å². The highest BCUT2D eigenvalue weighted by Gasteiger charge is 1.90. The maximum atomic E-state index is 9.76. The lowest BCUT2D eigenvalue weighted by Gasteiger charge is -1.85. The van der Waals surface area contributed by atoms with Crippen LogP contribution >= 0.6 is 0 Å². The minimum Gasteiger partial charge on any atom is -0.481 e. The van der Waals surface area contributed by atoms with Crippen molar-refractivity contribution in [3.8, 4) is 0 Å². The summed E-state index contributed by atoms with van der Waals surface area (Å²) >= 11 is 0. The monoisotopic (exact) mass is 170 g/mol. The first kappa shape index (κ1) is 13.5. The molecule has 0 aliphatic carbocycles. The van der Waals surface area contributed by atoms with Crippen LogP contribution in [-0.4, -0.2) is 11.1 Å². The fourth-order valence-electron chi connectivity index (χ4n) is 0.328. The Labute approximate surface area is 74.6 Å². The molecule has 0 aliphatic rings. The molecule has 0 aliphatic heterocycles. The van der Waals surface area contributed by atoms with E-state index >= 15 is 0 Å². The highest BCUT2D eigenvalue weighted by Crippen LogP contribution is 1.91. The number of carboxylic acids is 1. The quantitative estimate of drug-likeness (QED) is 0.658. The molecule has 0 aromatic carbocycles. The number of unbranched alkanes of at least 4 members (excludes halogenated alkanes) is 1. The second kappa shape index (κ2) is 9.95. The van der Waals surface area contributed by atoms with Gasteiger partial charge in [0.25, 0.3) is 0 Å². The fraction of sp³-hybridized carbons (Fsp3) is 0.500. The van der Waals surface area contributed by atoms with Crippen LogP contribution in [0.5, 0.6) is 0 Å². The Bertz CT molecular complexity index is 148. The standard InChI is InChI=1S/C5H10O2.C5H8/c1-2-3-4-5(6)7;1-4-5(2)3/h2-4H2,1H3,(H,6,7);4H,1-2H2,3H3. The molecule has 2 nitrogen and oxygen atoms in total. The summed E-state index contributed by atoms with van der Waals surface area (Å²) in [4.78, 5) is 9.76. The van der Waals surface area contributed by atoms with E-state index in [1.54, 1.807) is 6.08 Å². The van der Waals surface area contributed by atoms with Crippen LogP contribution in [0.4, 0.5) is 0 Å². The van der Waals surface area contributed by atoms with E-state index in [0.717, 1.165) is 18.4 Å². The van der Waals surface area contributed by atoms with Gasteiger partial charge in [-0.3, -0.25) is 4.79 Å². The molecule has 0 fully saturated rings. The van der Waals surface area contributed by atoms with Crippen LogP contribution in [0.25, 0.3) is 0 Å². The molecule has 0 saturated heterocycles. The second-order valence-electron chi connectivity index (χ2n) is 2.55. The van der Waals surface area contributed by atoms with Crippen molar-refractivity contribution >= 4 is 5.97 Å². The summed E-state index contributed by atoms with van der Waals surface area (Å²) in [5.74, 6) is -0.693. The summed E-state index contributed by atoms with van der Waals surface area (Å²) < 4.78 is 0. The van der Waals surface area contributed by atoms with E-state index in [1.165, 1.54) is 0 Å². The molecule has 0 amide bonds. The molecule has 0 atom stereocenters. The Morgan fingerprint density at radius 2 is 2.00 bits per heavy atom. The predicted molar refractivity (Wildman–Crippen MR) is 52.2 cm³/mol. The molecule has 0 rings (SSSR count). The summed E-state index contributed by atoms with van der Waals surface area (Å²) in [6.07, 6.45) is 3.80. The first-order valence-corrected chi connectivity index (χ1v) is 4.04. The number of rotatable bonds is 4. The SMILES string of the molecule is C=CC(=C)C.CCCCC(=O)O. The van der Waals surface area contributed by atoms with Crippen molar-refractivity contribution in [2.24, 2.45) is 0 Å². The lowest BCUT2D eigenvalue weighted by molar-refractivity contribution is -0.137. The molecular formula is C10H18O2. The molecule has 0 radical (unpaired) electrons. The molecule has 0 aromatic rings. The number of aliphatic carboxylic acids is 1. The first-order chi connectivity index (χ1) is 5.54. The summed E-state index contributed by atoms with van der Waals surface area (Å²) in [5.41, 5.74) is 1.02. The zero-order chi connectivity index (χ0) is 9.98. The number of hydrogen-bond donors (Lipinski definition) is 1. The first-order valence-electron chi connectivity index (χ1n) is 4.04. The number of carboxylic acid groups (broad SMARTS) is 1. The van der Waals surface area contributed by atoms with Crippen LogP contribution in [0.15, 0.2) is 24.8 Å². The Kier molecular flexibility index (Phi) is 11.2. The van der Waals surface area contributed by atoms with Gasteiger partial charge in [-0.15, -0.1) is 0 Å². The summed E-state index contributed by atoms with van der Waals surface area (Å²) in [6, 6.07) is 0. The normalized spacial score (nSPS) is 7.83. The van der Waals surface area contributed by atoms with Crippen LogP contribution in [0, 0.1) is 0 Å². The van der Waals surface area contributed by atoms with Gasteiger partial charge in [0.2, 0.25) is 0 Å². The van der Waals surface area contributed by atoms with Gasteiger partial charge in [-0.05, 0) is 13.3 Å². The minimum absolute atomic E-state index is 0.316. The van der Waals surface area contributed by atoms with Gasteiger partial charge in [-0.2, -0.15) is 0 Å². The Balaban J connectivity index is 0. The highest BCUT2D eigenvalue weighted by molar-refractivity contribution is 5.66. The van der Waals surface area contributed by atoms with Crippen molar-refractivity contribution in [1.82, 2.24) is 0 Å². The molecule has 0 spiro atoms. The fourth-order valence-corrected chi connectivity index (χ4v) is 0.328. The molecule has 12 heavy (non-hydrogen) atoms. The smallest absolute Gasteiger partial charge is 0.303 e. The van der Waals surface area contributed by atoms with E-state index in [2.05, 4.69) is 13.2 Å². The maximum Gasteiger partial charge on any atom is 0.303 e. The van der Waals surface area contributed by atoms with Gasteiger partial charge in [-0.1, -0.05) is 38.2 Å². The molecule has 0 bridgehead atoms. The van der Waals surface area contributed by atoms with Crippen LogP contribution < -0.4 is 0 Å². The van der Waals surface area contributed by atoms with Crippen molar-refractivity contribution in [1.29, 1.82) is 0 Å². The Morgan fingerprint density at radius 3 is 2.08 bits per heavy atom. The van der Waals surface area contributed by atoms with Gasteiger partial charge < -0.3 is 5.11 Å². The molecule has 70 valence electrons. The van der Waals surface area contributed by atoms with E-state index in [-0.39, 0.29) is 0 Å². The topological polar surface area (TPSA) is 37.3 Å². The largest absolute Gasteiger partial charge is 0.481 e. The summed E-state index contributed by atoms with van der Waals surface area (Å²) in [7, 11) is 0. The lowest BCUT2D eigenvalue weighted by atomic mass is 10.3. The van der Waals surface area contributed by atoms with Crippen molar-refractivity contribution in [2.45, 2.75) is 33.1 Å². The second-order valence-corrected chi connectivity index (χ2v) is 2.55. The molecule has 0 heterocycles. The van der Waals surface area contributed by atoms with E-state index in [1.807, 2.05) is 13.8 Å². The third-order valence-corrected chi connectivity index (χ3v) is 1.09. The zero-order valence-electron chi connectivity index (χ0n) is 7.97. The Hall–Kier alpha value is -1.05. The van der Waals surface area contributed by atoms with Gasteiger partial charge in [0.05, 0.1) is 0 Å². The van der Waals surface area contributed by atoms with Gasteiger partial charge in [-0.25, -0.2) is 0 Å². The van der Waals surface area contributed by atoms with Gasteiger partial charge in [0, 0.05) is 6.42 Å². The van der Waals surface area contributed by atoms with Gasteiger partial charge in [0.1, 0.15) is 0 Å². The minimum atomic E-state index is -0.693. The predicted octanol–water partition coefficient (Wildman–Crippen LogP) is 3.01. The van der Waals surface area contributed by atoms with E-state index in [9.17, 15) is 4.79 Å². The molecule has 2 heteroatoms. The van der Waals surface area contributed by atoms with Crippen LogP contribution in [-0.2, 0) is 4.79 Å². The number of carbonyl (C=O) groups is 1. The van der Waals surface area contributed by atoms with E-state index in [4.69, 9.17) is 5.11 Å². The van der Waals surface area contributed by atoms with E-state index < -0.39 is 5.97 Å². The average molecular weight is 170 g/mol. The van der Waals surface area contributed by atoms with Gasteiger partial charge >= 0.3 is 5.97 Å². The molecule has 0 unspecified atom stereocenters. The molecule has 1 N–H and O–H groups in total. The van der Waals surface area contributed by atoms with E-state index in [0.29, 0.717) is 6.42 Å². The van der Waals surface area contributed by atoms with Crippen LogP contribution in [0.2, 0.25) is 0 Å². The number of hydrogen-bond acceptors (Lipinski definition) is 1. The average Bonchev–Trinajstić information content (AvgIpc) is 2.02. The molecule has 0 aromatic heterocycles. The zero-order valence-corrected chi connectivity index (χ0v) is 7.97. The van der Waals surface area contributed by atoms with Crippen molar-refractivity contribution in [2.75, 3.05) is 0 Å². The summed E-state index contributed by atoms with van der Waals surface area (Å²) in [5, 5.41) is 8.04. The van der Waals surface area contributed by atoms with Crippen molar-refractivity contribution in [3.05, 3.63) is 24.8 Å². The summed E-state index contributed by atoms with van der Waals surface area (Å²) in [6.45, 7) is 10.9. The van der Waals surface area contributed by atoms with Crippen LogP contribution in [0.1, 0.15) is 33.1 Å². The van der Waals surface area contributed by atoms with Crippen molar-refractivity contribution < 1.29 is 9.90 Å².